The summed E-state index contributed by atoms with van der Waals surface area (Å²) in [5.74, 6) is 0. The molecule has 0 bridgehead atoms. The summed E-state index contributed by atoms with van der Waals surface area (Å²) in [6, 6.07) is 9.31. The van der Waals surface area contributed by atoms with E-state index in [1.54, 1.807) is 12.3 Å². The maximum absolute atomic E-state index is 10.1. The predicted octanol–water partition coefficient (Wildman–Crippen LogP) is 0.978. The van der Waals surface area contributed by atoms with Gasteiger partial charge in [0.15, 0.2) is 0 Å². The van der Waals surface area contributed by atoms with E-state index in [0.717, 1.165) is 10.9 Å². The molecule has 0 spiro atoms. The van der Waals surface area contributed by atoms with Crippen molar-refractivity contribution < 1.29 is 10.2 Å². The maximum atomic E-state index is 10.1. The molecule has 2 atom stereocenters. The van der Waals surface area contributed by atoms with Crippen LogP contribution < -0.4 is 5.73 Å². The lowest BCUT2D eigenvalue weighted by molar-refractivity contribution is 0.0158. The SMILES string of the molecule is NCCC(O)C(O)c1cccc2cccnc12. The molecule has 1 aromatic heterocycles. The van der Waals surface area contributed by atoms with Crippen molar-refractivity contribution in [3.63, 3.8) is 0 Å². The molecule has 4 N–H and O–H groups in total. The van der Waals surface area contributed by atoms with Gasteiger partial charge >= 0.3 is 0 Å². The van der Waals surface area contributed by atoms with Crippen LogP contribution in [0.1, 0.15) is 18.1 Å². The van der Waals surface area contributed by atoms with Gasteiger partial charge in [-0.25, -0.2) is 0 Å². The Labute approximate surface area is 99.7 Å². The second kappa shape index (κ2) is 5.23. The zero-order valence-corrected chi connectivity index (χ0v) is 9.45. The van der Waals surface area contributed by atoms with E-state index in [-0.39, 0.29) is 0 Å². The van der Waals surface area contributed by atoms with E-state index in [1.807, 2.05) is 24.3 Å². The van der Waals surface area contributed by atoms with Crippen LogP contribution in [0.3, 0.4) is 0 Å². The van der Waals surface area contributed by atoms with Gasteiger partial charge in [-0.3, -0.25) is 4.98 Å². The second-order valence-electron chi connectivity index (χ2n) is 4.01. The fourth-order valence-electron chi connectivity index (χ4n) is 1.90. The van der Waals surface area contributed by atoms with Crippen molar-refractivity contribution in [1.29, 1.82) is 0 Å². The van der Waals surface area contributed by atoms with Gasteiger partial charge in [0, 0.05) is 17.1 Å². The highest BCUT2D eigenvalue weighted by atomic mass is 16.3. The van der Waals surface area contributed by atoms with Gasteiger partial charge in [0.05, 0.1) is 11.6 Å². The molecule has 17 heavy (non-hydrogen) atoms. The molecule has 1 aromatic carbocycles. The Hall–Kier alpha value is -1.49. The van der Waals surface area contributed by atoms with Gasteiger partial charge in [-0.15, -0.1) is 0 Å². The third kappa shape index (κ3) is 2.44. The summed E-state index contributed by atoms with van der Waals surface area (Å²) in [7, 11) is 0. The molecule has 0 amide bonds. The van der Waals surface area contributed by atoms with E-state index in [4.69, 9.17) is 5.73 Å². The van der Waals surface area contributed by atoms with E-state index in [9.17, 15) is 10.2 Å². The lowest BCUT2D eigenvalue weighted by Crippen LogP contribution is -2.22. The molecule has 2 aromatic rings. The summed E-state index contributed by atoms with van der Waals surface area (Å²) in [4.78, 5) is 4.24. The van der Waals surface area contributed by atoms with E-state index < -0.39 is 12.2 Å². The molecule has 0 fully saturated rings. The molecular weight excluding hydrogens is 216 g/mol. The highest BCUT2D eigenvalue weighted by molar-refractivity contribution is 5.81. The number of pyridine rings is 1. The van der Waals surface area contributed by atoms with E-state index in [0.29, 0.717) is 18.5 Å². The van der Waals surface area contributed by atoms with Crippen LogP contribution in [-0.4, -0.2) is 27.8 Å². The number of para-hydroxylation sites is 1. The molecule has 4 heteroatoms. The average Bonchev–Trinajstić information content (AvgIpc) is 2.37. The quantitative estimate of drug-likeness (QED) is 0.734. The van der Waals surface area contributed by atoms with E-state index in [1.165, 1.54) is 0 Å². The minimum atomic E-state index is -0.947. The first-order valence-electron chi connectivity index (χ1n) is 5.64. The Morgan fingerprint density at radius 3 is 2.71 bits per heavy atom. The van der Waals surface area contributed by atoms with Crippen LogP contribution in [0.2, 0.25) is 0 Å². The third-order valence-corrected chi connectivity index (χ3v) is 2.81. The number of nitrogens with two attached hydrogens (primary N) is 1. The number of hydrogen-bond acceptors (Lipinski definition) is 4. The fourth-order valence-corrected chi connectivity index (χ4v) is 1.90. The van der Waals surface area contributed by atoms with Gasteiger partial charge in [0.2, 0.25) is 0 Å². The molecule has 0 aliphatic heterocycles. The fraction of sp³-hybridized carbons (Fsp3) is 0.308. The number of aliphatic hydroxyl groups is 2. The number of benzene rings is 1. The van der Waals surface area contributed by atoms with Gasteiger partial charge in [-0.1, -0.05) is 24.3 Å². The van der Waals surface area contributed by atoms with Crippen molar-refractivity contribution in [2.45, 2.75) is 18.6 Å². The van der Waals surface area contributed by atoms with Gasteiger partial charge in [-0.05, 0) is 19.0 Å². The molecule has 1 heterocycles. The van der Waals surface area contributed by atoms with Crippen LogP contribution in [0, 0.1) is 0 Å². The summed E-state index contributed by atoms with van der Waals surface area (Å²) < 4.78 is 0. The minimum Gasteiger partial charge on any atom is -0.390 e. The van der Waals surface area contributed by atoms with Crippen molar-refractivity contribution in [2.24, 2.45) is 5.73 Å². The molecule has 0 aliphatic rings. The molecule has 2 unspecified atom stereocenters. The van der Waals surface area contributed by atoms with Crippen molar-refractivity contribution >= 4 is 10.9 Å². The Kier molecular flexibility index (Phi) is 3.68. The van der Waals surface area contributed by atoms with Crippen molar-refractivity contribution in [1.82, 2.24) is 4.98 Å². The Morgan fingerprint density at radius 1 is 1.18 bits per heavy atom. The molecular formula is C13H16N2O2. The van der Waals surface area contributed by atoms with Gasteiger partial charge in [0.25, 0.3) is 0 Å². The lowest BCUT2D eigenvalue weighted by Gasteiger charge is -2.18. The van der Waals surface area contributed by atoms with Crippen molar-refractivity contribution in [3.8, 4) is 0 Å². The maximum Gasteiger partial charge on any atom is 0.107 e. The van der Waals surface area contributed by atoms with Crippen LogP contribution in [-0.2, 0) is 0 Å². The standard InChI is InChI=1S/C13H16N2O2/c14-7-6-11(16)13(17)10-5-1-3-9-4-2-8-15-12(9)10/h1-5,8,11,13,16-17H,6-7,14H2. The van der Waals surface area contributed by atoms with E-state index in [2.05, 4.69) is 4.98 Å². The first-order chi connectivity index (χ1) is 8.24. The first kappa shape index (κ1) is 12.0. The minimum absolute atomic E-state index is 0.344. The number of rotatable bonds is 4. The largest absolute Gasteiger partial charge is 0.390 e. The molecule has 4 nitrogen and oxygen atoms in total. The lowest BCUT2D eigenvalue weighted by atomic mass is 9.99. The highest BCUT2D eigenvalue weighted by Crippen LogP contribution is 2.25. The third-order valence-electron chi connectivity index (χ3n) is 2.81. The van der Waals surface area contributed by atoms with Gasteiger partial charge in [-0.2, -0.15) is 0 Å². The summed E-state index contributed by atoms with van der Waals surface area (Å²) >= 11 is 0. The monoisotopic (exact) mass is 232 g/mol. The van der Waals surface area contributed by atoms with Gasteiger partial charge < -0.3 is 15.9 Å². The summed E-state index contributed by atoms with van der Waals surface area (Å²) in [6.07, 6.45) is 0.239. The first-order valence-corrected chi connectivity index (χ1v) is 5.64. The van der Waals surface area contributed by atoms with Crippen molar-refractivity contribution in [2.75, 3.05) is 6.54 Å². The number of fused-ring (bicyclic) bond motifs is 1. The number of aromatic nitrogens is 1. The number of hydrogen-bond donors (Lipinski definition) is 3. The zero-order chi connectivity index (χ0) is 12.3. The average molecular weight is 232 g/mol. The van der Waals surface area contributed by atoms with Crippen LogP contribution >= 0.6 is 0 Å². The molecule has 0 saturated heterocycles. The van der Waals surface area contributed by atoms with Gasteiger partial charge in [0.1, 0.15) is 6.10 Å². The summed E-state index contributed by atoms with van der Waals surface area (Å²) in [6.45, 7) is 0.344. The predicted molar refractivity (Wildman–Crippen MR) is 66.4 cm³/mol. The van der Waals surface area contributed by atoms with Crippen LogP contribution in [0.4, 0.5) is 0 Å². The van der Waals surface area contributed by atoms with Crippen LogP contribution in [0.5, 0.6) is 0 Å². The second-order valence-corrected chi connectivity index (χ2v) is 4.01. The molecule has 0 saturated carbocycles. The van der Waals surface area contributed by atoms with Crippen LogP contribution in [0.25, 0.3) is 10.9 Å². The smallest absolute Gasteiger partial charge is 0.107 e. The number of aliphatic hydroxyl groups excluding tert-OH is 2. The highest BCUT2D eigenvalue weighted by Gasteiger charge is 2.19. The molecule has 2 rings (SSSR count). The molecule has 90 valence electrons. The Balaban J connectivity index is 2.41. The topological polar surface area (TPSA) is 79.4 Å². The number of nitrogens with zero attached hydrogens (tertiary/aromatic N) is 1. The van der Waals surface area contributed by atoms with E-state index >= 15 is 0 Å². The summed E-state index contributed by atoms with van der Waals surface area (Å²) in [5, 5.41) is 20.8. The summed E-state index contributed by atoms with van der Waals surface area (Å²) in [5.41, 5.74) is 6.73. The molecule has 0 radical (unpaired) electrons. The molecule has 0 aliphatic carbocycles. The van der Waals surface area contributed by atoms with Crippen molar-refractivity contribution in [3.05, 3.63) is 42.1 Å². The zero-order valence-electron chi connectivity index (χ0n) is 9.45. The Morgan fingerprint density at radius 2 is 1.94 bits per heavy atom. The Bertz CT molecular complexity index is 496. The van der Waals surface area contributed by atoms with Crippen LogP contribution in [0.15, 0.2) is 36.5 Å². The normalized spacial score (nSPS) is 14.8.